The second-order valence-electron chi connectivity index (χ2n) is 5.01. The summed E-state index contributed by atoms with van der Waals surface area (Å²) in [6, 6.07) is -0.592. The highest BCUT2D eigenvalue weighted by molar-refractivity contribution is 8.15. The van der Waals surface area contributed by atoms with Crippen molar-refractivity contribution in [2.24, 2.45) is 10.7 Å². The number of aliphatic imine (C=N–C) groups is 1. The van der Waals surface area contributed by atoms with Crippen molar-refractivity contribution in [3.63, 3.8) is 0 Å². The summed E-state index contributed by atoms with van der Waals surface area (Å²) in [7, 11) is 0. The van der Waals surface area contributed by atoms with E-state index in [0.29, 0.717) is 11.8 Å². The summed E-state index contributed by atoms with van der Waals surface area (Å²) < 4.78 is 90.0. The Morgan fingerprint density at radius 2 is 1.88 bits per heavy atom. The van der Waals surface area contributed by atoms with Crippen molar-refractivity contribution < 1.29 is 35.5 Å². The number of halogens is 7. The molecular formula is C13H10F7N3OS. The van der Waals surface area contributed by atoms with Crippen LogP contribution < -0.4 is 11.1 Å². The maximum absolute atomic E-state index is 13.0. The first-order chi connectivity index (χ1) is 11.4. The number of thioether (sulfide) groups is 1. The zero-order chi connectivity index (χ0) is 19.0. The third-order valence-electron chi connectivity index (χ3n) is 3.22. The van der Waals surface area contributed by atoms with Crippen LogP contribution in [0.2, 0.25) is 0 Å². The van der Waals surface area contributed by atoms with E-state index in [4.69, 9.17) is 5.73 Å². The van der Waals surface area contributed by atoms with Gasteiger partial charge in [-0.1, -0.05) is 17.8 Å². The van der Waals surface area contributed by atoms with Crippen molar-refractivity contribution in [3.05, 3.63) is 35.1 Å². The summed E-state index contributed by atoms with van der Waals surface area (Å²) in [5.74, 6) is -2.30. The van der Waals surface area contributed by atoms with Crippen LogP contribution in [0.5, 0.6) is 0 Å². The van der Waals surface area contributed by atoms with Gasteiger partial charge in [-0.05, 0) is 17.7 Å². The minimum atomic E-state index is -4.88. The molecule has 138 valence electrons. The first kappa shape index (κ1) is 19.3. The van der Waals surface area contributed by atoms with Crippen LogP contribution in [-0.4, -0.2) is 28.5 Å². The topological polar surface area (TPSA) is 67.5 Å². The highest BCUT2D eigenvalue weighted by Crippen LogP contribution is 2.36. The number of rotatable bonds is 3. The van der Waals surface area contributed by atoms with Crippen LogP contribution in [0.3, 0.4) is 0 Å². The Hall–Kier alpha value is -1.98. The summed E-state index contributed by atoms with van der Waals surface area (Å²) >= 11 is 0.369. The minimum absolute atomic E-state index is 0.241. The van der Waals surface area contributed by atoms with Gasteiger partial charge < -0.3 is 11.1 Å². The highest BCUT2D eigenvalue weighted by Gasteiger charge is 2.51. The molecule has 0 saturated carbocycles. The van der Waals surface area contributed by atoms with Crippen LogP contribution in [0, 0.1) is 5.82 Å². The normalized spacial score (nSPS) is 21.2. The molecule has 0 aromatic heterocycles. The van der Waals surface area contributed by atoms with E-state index in [1.807, 2.05) is 5.32 Å². The lowest BCUT2D eigenvalue weighted by Crippen LogP contribution is -2.44. The van der Waals surface area contributed by atoms with Gasteiger partial charge in [0.15, 0.2) is 11.2 Å². The van der Waals surface area contributed by atoms with Gasteiger partial charge in [0.05, 0.1) is 5.56 Å². The minimum Gasteiger partial charge on any atom is -0.379 e. The van der Waals surface area contributed by atoms with Gasteiger partial charge in [0, 0.05) is 6.54 Å². The molecule has 2 atom stereocenters. The van der Waals surface area contributed by atoms with E-state index in [9.17, 15) is 35.5 Å². The quantitative estimate of drug-likeness (QED) is 0.782. The number of carbonyl (C=O) groups is 1. The van der Waals surface area contributed by atoms with Gasteiger partial charge in [0.1, 0.15) is 11.1 Å². The van der Waals surface area contributed by atoms with Gasteiger partial charge in [-0.25, -0.2) is 9.38 Å². The number of hydrogen-bond donors (Lipinski definition) is 2. The van der Waals surface area contributed by atoms with E-state index in [2.05, 4.69) is 4.99 Å². The number of alkyl halides is 6. The van der Waals surface area contributed by atoms with E-state index in [-0.39, 0.29) is 6.07 Å². The molecule has 25 heavy (non-hydrogen) atoms. The molecule has 0 saturated heterocycles. The molecule has 0 aliphatic carbocycles. The van der Waals surface area contributed by atoms with Gasteiger partial charge >= 0.3 is 12.4 Å². The number of benzene rings is 1. The maximum Gasteiger partial charge on any atom is 0.416 e. The zero-order valence-corrected chi connectivity index (χ0v) is 12.9. The Bertz CT molecular complexity index is 702. The molecule has 0 spiro atoms. The third-order valence-corrected chi connectivity index (χ3v) is 4.30. The molecule has 1 heterocycles. The highest BCUT2D eigenvalue weighted by atomic mass is 32.2. The molecule has 1 aromatic carbocycles. The lowest BCUT2D eigenvalue weighted by Gasteiger charge is -2.19. The number of hydrogen-bond acceptors (Lipinski definition) is 4. The third kappa shape index (κ3) is 4.55. The summed E-state index contributed by atoms with van der Waals surface area (Å²) in [5.41, 5.74) is 3.39. The summed E-state index contributed by atoms with van der Waals surface area (Å²) in [5, 5.41) is -0.201. The fraction of sp³-hybridized carbons (Fsp3) is 0.385. The molecule has 1 amide bonds. The average molecular weight is 389 g/mol. The van der Waals surface area contributed by atoms with Crippen molar-refractivity contribution in [1.29, 1.82) is 0 Å². The molecule has 0 bridgehead atoms. The van der Waals surface area contributed by atoms with Crippen LogP contribution in [-0.2, 0) is 17.5 Å². The van der Waals surface area contributed by atoms with Gasteiger partial charge in [0.2, 0.25) is 5.91 Å². The van der Waals surface area contributed by atoms with Gasteiger partial charge in [0.25, 0.3) is 0 Å². The van der Waals surface area contributed by atoms with Crippen molar-refractivity contribution in [1.82, 2.24) is 5.32 Å². The summed E-state index contributed by atoms with van der Waals surface area (Å²) in [6.07, 6.45) is -9.71. The maximum atomic E-state index is 13.0. The molecule has 3 N–H and O–H groups in total. The number of amides is 1. The summed E-state index contributed by atoms with van der Waals surface area (Å²) in [6.45, 7) is -0.727. The first-order valence-corrected chi connectivity index (χ1v) is 7.47. The molecule has 12 heteroatoms. The van der Waals surface area contributed by atoms with E-state index >= 15 is 0 Å². The van der Waals surface area contributed by atoms with E-state index < -0.39 is 58.2 Å². The Morgan fingerprint density at radius 1 is 1.24 bits per heavy atom. The summed E-state index contributed by atoms with van der Waals surface area (Å²) in [4.78, 5) is 15.1. The Balaban J connectivity index is 2.13. The Kier molecular flexibility index (Phi) is 5.21. The van der Waals surface area contributed by atoms with Crippen LogP contribution in [0.4, 0.5) is 30.7 Å². The van der Waals surface area contributed by atoms with Crippen molar-refractivity contribution in [2.45, 2.75) is 30.2 Å². The predicted molar refractivity (Wildman–Crippen MR) is 76.1 cm³/mol. The number of nitrogens with zero attached hydrogens (tertiary/aromatic N) is 1. The van der Waals surface area contributed by atoms with Crippen LogP contribution in [0.1, 0.15) is 11.1 Å². The van der Waals surface area contributed by atoms with Crippen molar-refractivity contribution in [2.75, 3.05) is 0 Å². The van der Waals surface area contributed by atoms with Gasteiger partial charge in [-0.2, -0.15) is 26.3 Å². The van der Waals surface area contributed by atoms with Crippen molar-refractivity contribution in [3.8, 4) is 0 Å². The Labute approximate surface area is 140 Å². The van der Waals surface area contributed by atoms with E-state index in [0.717, 1.165) is 12.1 Å². The lowest BCUT2D eigenvalue weighted by molar-refractivity contribution is -0.152. The standard InChI is InChI=1S/C13H10F7N3OS/c14-6-2-1-5(7(3-6)12(15,16)17)4-22-10(24)8-9(13(18,19)20)23-11(21)25-8/h1-3,8-9H,4H2,(H2,21,23)(H,22,24). The SMILES string of the molecule is NC1=NC(C(F)(F)F)C(C(=O)NCc2ccc(F)cc2C(F)(F)F)S1. The molecule has 2 rings (SSSR count). The zero-order valence-electron chi connectivity index (χ0n) is 12.1. The molecule has 2 unspecified atom stereocenters. The Morgan fingerprint density at radius 3 is 2.44 bits per heavy atom. The molecular weight excluding hydrogens is 379 g/mol. The fourth-order valence-corrected chi connectivity index (χ4v) is 3.09. The number of carbonyl (C=O) groups excluding carboxylic acids is 1. The molecule has 4 nitrogen and oxygen atoms in total. The van der Waals surface area contributed by atoms with Crippen molar-refractivity contribution >= 4 is 22.8 Å². The van der Waals surface area contributed by atoms with Gasteiger partial charge in [-0.15, -0.1) is 0 Å². The number of amidine groups is 1. The monoisotopic (exact) mass is 389 g/mol. The first-order valence-electron chi connectivity index (χ1n) is 6.59. The fourth-order valence-electron chi connectivity index (χ4n) is 2.12. The van der Waals surface area contributed by atoms with Crippen LogP contribution >= 0.6 is 11.8 Å². The van der Waals surface area contributed by atoms with Gasteiger partial charge in [-0.3, -0.25) is 4.79 Å². The predicted octanol–water partition coefficient (Wildman–Crippen LogP) is 2.82. The molecule has 0 radical (unpaired) electrons. The number of nitrogens with two attached hydrogens (primary N) is 1. The van der Waals surface area contributed by atoms with E-state index in [1.54, 1.807) is 0 Å². The second kappa shape index (κ2) is 6.73. The van der Waals surface area contributed by atoms with Crippen LogP contribution in [0.15, 0.2) is 23.2 Å². The van der Waals surface area contributed by atoms with Crippen LogP contribution in [0.25, 0.3) is 0 Å². The largest absolute Gasteiger partial charge is 0.416 e. The molecule has 1 aliphatic rings. The molecule has 1 aliphatic heterocycles. The number of nitrogens with one attached hydrogen (secondary N) is 1. The molecule has 0 fully saturated rings. The average Bonchev–Trinajstić information content (AvgIpc) is 2.87. The second-order valence-corrected chi connectivity index (χ2v) is 6.17. The lowest BCUT2D eigenvalue weighted by atomic mass is 10.1. The molecule has 1 aromatic rings. The smallest absolute Gasteiger partial charge is 0.379 e. The van der Waals surface area contributed by atoms with E-state index in [1.165, 1.54) is 0 Å².